The van der Waals surface area contributed by atoms with Crippen molar-refractivity contribution in [3.8, 4) is 11.5 Å². The molecule has 5 atom stereocenters. The lowest BCUT2D eigenvalue weighted by molar-refractivity contribution is -0.219. The number of Topliss-reactive ketones (excluding diaryl/α,β-unsaturated/α-hetero) is 1. The van der Waals surface area contributed by atoms with Gasteiger partial charge in [0, 0.05) is 12.0 Å². The Balaban J connectivity index is 1.90. The number of carbonyl (C=O) groups is 1. The van der Waals surface area contributed by atoms with Crippen LogP contribution in [0.25, 0.3) is 0 Å². The zero-order valence-corrected chi connectivity index (χ0v) is 12.1. The first-order chi connectivity index (χ1) is 10.5. The van der Waals surface area contributed by atoms with Crippen molar-refractivity contribution in [2.75, 3.05) is 0 Å². The minimum Gasteiger partial charge on any atom is -0.504 e. The summed E-state index contributed by atoms with van der Waals surface area (Å²) in [4.78, 5) is 12.5. The Hall–Kier alpha value is -1.59. The molecule has 1 heterocycles. The van der Waals surface area contributed by atoms with Crippen molar-refractivity contribution in [1.29, 1.82) is 0 Å². The van der Waals surface area contributed by atoms with E-state index in [1.165, 1.54) is 0 Å². The fraction of sp³-hybridized carbons (Fsp3) is 0.588. The van der Waals surface area contributed by atoms with Crippen LogP contribution in [0.3, 0.4) is 0 Å². The molecule has 1 unspecified atom stereocenters. The van der Waals surface area contributed by atoms with Gasteiger partial charge >= 0.3 is 0 Å². The maximum absolute atomic E-state index is 12.5. The molecular weight excluding hydrogens is 284 g/mol. The average Bonchev–Trinajstić information content (AvgIpc) is 2.81. The van der Waals surface area contributed by atoms with Crippen molar-refractivity contribution in [2.24, 2.45) is 5.92 Å². The standard InChI is InChI=1S/C17H18O5/c18-10-4-3-8-6-9-2-1-5-16-13(8)14(10)22-15(16)11(19)7-12(20)17(9,16)21/h3-4,9,12,15,18,20-21H,1-2,5-7H2/t9-,12?,15+,16+,17+/m1/s1. The number of ketones is 1. The van der Waals surface area contributed by atoms with Crippen molar-refractivity contribution in [3.05, 3.63) is 23.3 Å². The third-order valence-corrected chi connectivity index (χ3v) is 6.47. The highest BCUT2D eigenvalue weighted by Crippen LogP contribution is 2.66. The van der Waals surface area contributed by atoms with Crippen molar-refractivity contribution in [1.82, 2.24) is 0 Å². The van der Waals surface area contributed by atoms with Crippen LogP contribution in [0.2, 0.25) is 0 Å². The van der Waals surface area contributed by atoms with Gasteiger partial charge in [0.15, 0.2) is 23.4 Å². The second-order valence-corrected chi connectivity index (χ2v) is 7.22. The van der Waals surface area contributed by atoms with Gasteiger partial charge in [0.2, 0.25) is 0 Å². The van der Waals surface area contributed by atoms with Crippen LogP contribution < -0.4 is 4.74 Å². The summed E-state index contributed by atoms with van der Waals surface area (Å²) >= 11 is 0. The molecule has 2 fully saturated rings. The highest BCUT2D eigenvalue weighted by atomic mass is 16.5. The third-order valence-electron chi connectivity index (χ3n) is 6.47. The molecule has 22 heavy (non-hydrogen) atoms. The summed E-state index contributed by atoms with van der Waals surface area (Å²) in [5.41, 5.74) is -0.433. The van der Waals surface area contributed by atoms with Gasteiger partial charge in [-0.15, -0.1) is 0 Å². The number of phenols is 1. The monoisotopic (exact) mass is 302 g/mol. The van der Waals surface area contributed by atoms with E-state index in [1.54, 1.807) is 6.07 Å². The molecule has 0 saturated heterocycles. The molecule has 1 spiro atoms. The topological polar surface area (TPSA) is 87.0 Å². The molecule has 4 aliphatic rings. The molecule has 116 valence electrons. The molecule has 2 saturated carbocycles. The van der Waals surface area contributed by atoms with E-state index in [9.17, 15) is 20.1 Å². The SMILES string of the molecule is O=C1CC(O)[C@@]2(O)[C@@H]3CCC[C@@]24c2c(ccc(O)c2O[C@@H]14)C3. The first-order valence-corrected chi connectivity index (χ1v) is 7.95. The number of carbonyl (C=O) groups excluding carboxylic acids is 1. The largest absolute Gasteiger partial charge is 0.504 e. The van der Waals surface area contributed by atoms with Gasteiger partial charge in [-0.25, -0.2) is 0 Å². The van der Waals surface area contributed by atoms with Crippen LogP contribution in [0.15, 0.2) is 12.1 Å². The number of benzene rings is 1. The summed E-state index contributed by atoms with van der Waals surface area (Å²) in [6.07, 6.45) is 1.06. The first-order valence-electron chi connectivity index (χ1n) is 7.95. The number of phenolic OH excluding ortho intramolecular Hbond substituents is 1. The predicted octanol–water partition coefficient (Wildman–Crippen LogP) is 0.812. The van der Waals surface area contributed by atoms with Crippen molar-refractivity contribution in [3.63, 3.8) is 0 Å². The minimum atomic E-state index is -1.34. The molecule has 0 aromatic heterocycles. The Morgan fingerprint density at radius 2 is 2.09 bits per heavy atom. The van der Waals surface area contributed by atoms with Crippen molar-refractivity contribution in [2.45, 2.75) is 55.3 Å². The smallest absolute Gasteiger partial charge is 0.177 e. The molecule has 1 aromatic carbocycles. The van der Waals surface area contributed by atoms with Gasteiger partial charge in [0.1, 0.15) is 5.60 Å². The van der Waals surface area contributed by atoms with Crippen LogP contribution in [-0.4, -0.2) is 38.9 Å². The Labute approximate surface area is 127 Å². The van der Waals surface area contributed by atoms with Crippen LogP contribution in [0.4, 0.5) is 0 Å². The molecule has 3 aliphatic carbocycles. The van der Waals surface area contributed by atoms with E-state index in [-0.39, 0.29) is 23.9 Å². The van der Waals surface area contributed by atoms with Gasteiger partial charge in [-0.2, -0.15) is 0 Å². The summed E-state index contributed by atoms with van der Waals surface area (Å²) in [6.45, 7) is 0. The normalized spacial score (nSPS) is 44.5. The molecule has 0 amide bonds. The van der Waals surface area contributed by atoms with Crippen LogP contribution in [0.5, 0.6) is 11.5 Å². The Bertz CT molecular complexity index is 713. The van der Waals surface area contributed by atoms with E-state index in [1.807, 2.05) is 6.07 Å². The Kier molecular flexibility index (Phi) is 2.15. The zero-order valence-electron chi connectivity index (χ0n) is 12.1. The number of rotatable bonds is 0. The summed E-state index contributed by atoms with van der Waals surface area (Å²) in [5, 5.41) is 32.3. The Morgan fingerprint density at radius 3 is 2.91 bits per heavy atom. The lowest BCUT2D eigenvalue weighted by Crippen LogP contribution is -2.75. The van der Waals surface area contributed by atoms with Gasteiger partial charge in [0.05, 0.1) is 11.5 Å². The quantitative estimate of drug-likeness (QED) is 0.660. The molecule has 3 N–H and O–H groups in total. The third kappa shape index (κ3) is 1.09. The van der Waals surface area contributed by atoms with E-state index >= 15 is 0 Å². The first kappa shape index (κ1) is 12.9. The number of aliphatic hydroxyl groups is 2. The van der Waals surface area contributed by atoms with E-state index in [0.29, 0.717) is 18.6 Å². The van der Waals surface area contributed by atoms with Gasteiger partial charge in [0.25, 0.3) is 0 Å². The number of aromatic hydroxyl groups is 1. The van der Waals surface area contributed by atoms with Crippen LogP contribution in [-0.2, 0) is 16.6 Å². The van der Waals surface area contributed by atoms with Gasteiger partial charge in [-0.1, -0.05) is 12.5 Å². The predicted molar refractivity (Wildman–Crippen MR) is 75.8 cm³/mol. The van der Waals surface area contributed by atoms with Crippen molar-refractivity contribution >= 4 is 5.78 Å². The average molecular weight is 302 g/mol. The van der Waals surface area contributed by atoms with Crippen LogP contribution in [0, 0.1) is 5.92 Å². The van der Waals surface area contributed by atoms with E-state index in [0.717, 1.165) is 24.0 Å². The summed E-state index contributed by atoms with van der Waals surface area (Å²) < 4.78 is 5.86. The second kappa shape index (κ2) is 3.66. The molecule has 1 aromatic rings. The molecule has 1 aliphatic heterocycles. The van der Waals surface area contributed by atoms with Gasteiger partial charge < -0.3 is 20.1 Å². The highest BCUT2D eigenvalue weighted by molar-refractivity contribution is 5.90. The summed E-state index contributed by atoms with van der Waals surface area (Å²) in [7, 11) is 0. The number of aliphatic hydroxyl groups excluding tert-OH is 1. The van der Waals surface area contributed by atoms with E-state index < -0.39 is 23.2 Å². The fourth-order valence-electron chi connectivity index (χ4n) is 5.70. The summed E-state index contributed by atoms with van der Waals surface area (Å²) in [5.74, 6) is 0.0969. The maximum atomic E-state index is 12.5. The van der Waals surface area contributed by atoms with Crippen molar-refractivity contribution < 1.29 is 24.9 Å². The van der Waals surface area contributed by atoms with Gasteiger partial charge in [-0.05, 0) is 36.8 Å². The number of hydrogen-bond acceptors (Lipinski definition) is 5. The van der Waals surface area contributed by atoms with E-state index in [4.69, 9.17) is 4.74 Å². The number of hydrogen-bond donors (Lipinski definition) is 3. The molecule has 5 heteroatoms. The Morgan fingerprint density at radius 1 is 1.27 bits per heavy atom. The lowest BCUT2D eigenvalue weighted by Gasteiger charge is -2.61. The zero-order chi connectivity index (χ0) is 15.3. The highest BCUT2D eigenvalue weighted by Gasteiger charge is 2.74. The molecule has 5 nitrogen and oxygen atoms in total. The lowest BCUT2D eigenvalue weighted by atomic mass is 9.45. The molecular formula is C17H18O5. The number of ether oxygens (including phenoxy) is 1. The maximum Gasteiger partial charge on any atom is 0.177 e. The fourth-order valence-corrected chi connectivity index (χ4v) is 5.70. The minimum absolute atomic E-state index is 0.0104. The van der Waals surface area contributed by atoms with Gasteiger partial charge in [-0.3, -0.25) is 4.79 Å². The van der Waals surface area contributed by atoms with Crippen LogP contribution in [0.1, 0.15) is 36.8 Å². The van der Waals surface area contributed by atoms with E-state index in [2.05, 4.69) is 0 Å². The molecule has 5 rings (SSSR count). The molecule has 2 bridgehead atoms. The van der Waals surface area contributed by atoms with Crippen LogP contribution >= 0.6 is 0 Å². The molecule has 0 radical (unpaired) electrons. The summed E-state index contributed by atoms with van der Waals surface area (Å²) in [6, 6.07) is 3.47. The second-order valence-electron chi connectivity index (χ2n) is 7.22.